The standard InChI is InChI=1S/C25H33NO5/c1-5-11-22(27)25(3,24(29)26-30)18-19(2)23(28)21-15-13-20(14-16-21)12-9-7-6-8-10-17-31-4/h6-7,13-16,19,30H,5,8,10-11,17-18H2,1-4H3,(H,26,29)/b7-6+/t19?,25-/m0/s1. The minimum atomic E-state index is -1.46. The second-order valence-electron chi connectivity index (χ2n) is 7.80. The molecule has 2 N–H and O–H groups in total. The van der Waals surface area contributed by atoms with Crippen molar-refractivity contribution in [1.29, 1.82) is 0 Å². The van der Waals surface area contributed by atoms with Crippen molar-refractivity contribution in [3.8, 4) is 11.8 Å². The number of nitrogens with one attached hydrogen (secondary N) is 1. The normalized spacial score (nSPS) is 13.7. The summed E-state index contributed by atoms with van der Waals surface area (Å²) in [6.45, 7) is 5.72. The predicted octanol–water partition coefficient (Wildman–Crippen LogP) is 4.11. The van der Waals surface area contributed by atoms with E-state index in [1.165, 1.54) is 6.92 Å². The number of ketones is 2. The summed E-state index contributed by atoms with van der Waals surface area (Å²) in [7, 11) is 1.68. The number of Topliss-reactive ketones (excluding diaryl/α,β-unsaturated/α-hetero) is 2. The number of allylic oxidation sites excluding steroid dienone is 2. The zero-order chi connectivity index (χ0) is 23.3. The Morgan fingerprint density at radius 2 is 1.94 bits per heavy atom. The smallest absolute Gasteiger partial charge is 0.256 e. The van der Waals surface area contributed by atoms with Crippen molar-refractivity contribution in [1.82, 2.24) is 5.48 Å². The van der Waals surface area contributed by atoms with Crippen LogP contribution in [0.2, 0.25) is 0 Å². The molecule has 1 rings (SSSR count). The molecule has 1 amide bonds. The molecule has 0 saturated carbocycles. The fourth-order valence-corrected chi connectivity index (χ4v) is 3.28. The Balaban J connectivity index is 2.82. The van der Waals surface area contributed by atoms with E-state index >= 15 is 0 Å². The largest absolute Gasteiger partial charge is 0.385 e. The number of amides is 1. The molecular weight excluding hydrogens is 394 g/mol. The molecule has 168 valence electrons. The highest BCUT2D eigenvalue weighted by molar-refractivity contribution is 6.06. The number of ether oxygens (including phenoxy) is 1. The summed E-state index contributed by atoms with van der Waals surface area (Å²) in [6, 6.07) is 6.94. The van der Waals surface area contributed by atoms with Crippen molar-refractivity contribution in [2.75, 3.05) is 13.7 Å². The van der Waals surface area contributed by atoms with Crippen LogP contribution in [0.15, 0.2) is 36.4 Å². The van der Waals surface area contributed by atoms with E-state index in [1.807, 2.05) is 13.0 Å². The first kappa shape index (κ1) is 26.3. The number of rotatable bonds is 12. The molecule has 0 aliphatic rings. The van der Waals surface area contributed by atoms with Crippen LogP contribution in [0.1, 0.15) is 68.8 Å². The Labute approximate surface area is 185 Å². The lowest BCUT2D eigenvalue weighted by molar-refractivity contribution is -0.148. The zero-order valence-corrected chi connectivity index (χ0v) is 18.9. The van der Waals surface area contributed by atoms with Gasteiger partial charge in [0.2, 0.25) is 0 Å². The molecule has 0 bridgehead atoms. The SMILES string of the molecule is CCCC(=O)[C@](C)(CC(C)C(=O)c1ccc(C#C/C=C/CCCOC)cc1)C(=O)NO. The van der Waals surface area contributed by atoms with Gasteiger partial charge in [-0.3, -0.25) is 19.6 Å². The Bertz CT molecular complexity index is 832. The topological polar surface area (TPSA) is 92.7 Å². The van der Waals surface area contributed by atoms with Crippen LogP contribution < -0.4 is 5.48 Å². The lowest BCUT2D eigenvalue weighted by Gasteiger charge is -2.28. The quantitative estimate of drug-likeness (QED) is 0.131. The summed E-state index contributed by atoms with van der Waals surface area (Å²) < 4.78 is 4.99. The summed E-state index contributed by atoms with van der Waals surface area (Å²) in [6.07, 6.45) is 6.46. The first-order valence-electron chi connectivity index (χ1n) is 10.6. The van der Waals surface area contributed by atoms with Crippen LogP contribution in [-0.4, -0.2) is 36.4 Å². The van der Waals surface area contributed by atoms with Crippen LogP contribution >= 0.6 is 0 Å². The molecule has 0 aliphatic heterocycles. The lowest BCUT2D eigenvalue weighted by Crippen LogP contribution is -2.45. The average Bonchev–Trinajstić information content (AvgIpc) is 2.77. The molecule has 0 fully saturated rings. The van der Waals surface area contributed by atoms with Crippen LogP contribution in [0.25, 0.3) is 0 Å². The molecule has 0 heterocycles. The summed E-state index contributed by atoms with van der Waals surface area (Å²) in [5.74, 6) is 4.16. The Kier molecular flexibility index (Phi) is 11.5. The van der Waals surface area contributed by atoms with Gasteiger partial charge in [0.15, 0.2) is 5.78 Å². The molecule has 2 atom stereocenters. The van der Waals surface area contributed by atoms with Gasteiger partial charge >= 0.3 is 0 Å². The number of unbranched alkanes of at least 4 members (excludes halogenated alkanes) is 1. The summed E-state index contributed by atoms with van der Waals surface area (Å²) in [5.41, 5.74) is 1.39. The van der Waals surface area contributed by atoms with Crippen molar-refractivity contribution < 1.29 is 24.3 Å². The second kappa shape index (κ2) is 13.5. The molecule has 0 radical (unpaired) electrons. The number of benzene rings is 1. The van der Waals surface area contributed by atoms with Crippen molar-refractivity contribution in [3.63, 3.8) is 0 Å². The first-order chi connectivity index (χ1) is 14.8. The molecule has 6 heteroatoms. The maximum Gasteiger partial charge on any atom is 0.256 e. The molecule has 0 aromatic heterocycles. The fourth-order valence-electron chi connectivity index (χ4n) is 3.28. The number of hydroxylamine groups is 1. The van der Waals surface area contributed by atoms with Gasteiger partial charge in [0.1, 0.15) is 11.2 Å². The fraction of sp³-hybridized carbons (Fsp3) is 0.480. The number of hydrogen-bond acceptors (Lipinski definition) is 5. The van der Waals surface area contributed by atoms with Crippen molar-refractivity contribution in [3.05, 3.63) is 47.5 Å². The third-order valence-electron chi connectivity index (χ3n) is 5.16. The Morgan fingerprint density at radius 1 is 1.26 bits per heavy atom. The number of carbonyl (C=O) groups is 3. The number of hydrogen-bond donors (Lipinski definition) is 2. The monoisotopic (exact) mass is 427 g/mol. The van der Waals surface area contributed by atoms with E-state index in [-0.39, 0.29) is 24.4 Å². The molecular formula is C25H33NO5. The first-order valence-corrected chi connectivity index (χ1v) is 10.6. The summed E-state index contributed by atoms with van der Waals surface area (Å²) in [5, 5.41) is 9.07. The van der Waals surface area contributed by atoms with E-state index in [9.17, 15) is 14.4 Å². The number of methoxy groups -OCH3 is 1. The molecule has 0 spiro atoms. The van der Waals surface area contributed by atoms with Gasteiger partial charge in [-0.1, -0.05) is 43.9 Å². The maximum atomic E-state index is 12.8. The van der Waals surface area contributed by atoms with E-state index in [2.05, 4.69) is 11.8 Å². The minimum absolute atomic E-state index is 0.0203. The van der Waals surface area contributed by atoms with E-state index in [1.54, 1.807) is 49.9 Å². The Morgan fingerprint density at radius 3 is 2.52 bits per heavy atom. The van der Waals surface area contributed by atoms with Crippen LogP contribution in [0.3, 0.4) is 0 Å². The van der Waals surface area contributed by atoms with Gasteiger partial charge in [-0.25, -0.2) is 5.48 Å². The molecule has 1 aromatic carbocycles. The number of carbonyl (C=O) groups excluding carboxylic acids is 3. The van der Waals surface area contributed by atoms with E-state index in [4.69, 9.17) is 9.94 Å². The molecule has 0 aliphatic carbocycles. The van der Waals surface area contributed by atoms with E-state index in [0.29, 0.717) is 12.0 Å². The lowest BCUT2D eigenvalue weighted by atomic mass is 9.74. The van der Waals surface area contributed by atoms with Gasteiger partial charge in [-0.2, -0.15) is 0 Å². The zero-order valence-electron chi connectivity index (χ0n) is 18.9. The van der Waals surface area contributed by atoms with Gasteiger partial charge in [0, 0.05) is 37.2 Å². The highest BCUT2D eigenvalue weighted by Crippen LogP contribution is 2.31. The van der Waals surface area contributed by atoms with Gasteiger partial charge in [0.05, 0.1) is 0 Å². The molecule has 1 aromatic rings. The average molecular weight is 428 g/mol. The van der Waals surface area contributed by atoms with E-state index in [0.717, 1.165) is 25.0 Å². The molecule has 0 saturated heterocycles. The van der Waals surface area contributed by atoms with Crippen molar-refractivity contribution in [2.24, 2.45) is 11.3 Å². The van der Waals surface area contributed by atoms with Crippen LogP contribution in [0.4, 0.5) is 0 Å². The van der Waals surface area contributed by atoms with E-state index < -0.39 is 17.2 Å². The van der Waals surface area contributed by atoms with Crippen LogP contribution in [-0.2, 0) is 14.3 Å². The van der Waals surface area contributed by atoms with Gasteiger partial charge in [-0.05, 0) is 50.8 Å². The van der Waals surface area contributed by atoms with Crippen LogP contribution in [0.5, 0.6) is 0 Å². The van der Waals surface area contributed by atoms with Crippen molar-refractivity contribution in [2.45, 2.75) is 52.9 Å². The highest BCUT2D eigenvalue weighted by Gasteiger charge is 2.42. The minimum Gasteiger partial charge on any atom is -0.385 e. The molecule has 31 heavy (non-hydrogen) atoms. The Hall–Kier alpha value is -2.75. The highest BCUT2D eigenvalue weighted by atomic mass is 16.5. The third kappa shape index (κ3) is 8.12. The molecule has 1 unspecified atom stereocenters. The summed E-state index contributed by atoms with van der Waals surface area (Å²) >= 11 is 0. The molecule has 6 nitrogen and oxygen atoms in total. The predicted molar refractivity (Wildman–Crippen MR) is 120 cm³/mol. The van der Waals surface area contributed by atoms with Gasteiger partial charge < -0.3 is 4.74 Å². The second-order valence-corrected chi connectivity index (χ2v) is 7.80. The van der Waals surface area contributed by atoms with Gasteiger partial charge in [0.25, 0.3) is 5.91 Å². The maximum absolute atomic E-state index is 12.8. The van der Waals surface area contributed by atoms with Crippen molar-refractivity contribution >= 4 is 17.5 Å². The summed E-state index contributed by atoms with van der Waals surface area (Å²) in [4.78, 5) is 37.5. The third-order valence-corrected chi connectivity index (χ3v) is 5.16. The van der Waals surface area contributed by atoms with Crippen LogP contribution in [0, 0.1) is 23.2 Å². The van der Waals surface area contributed by atoms with Gasteiger partial charge in [-0.15, -0.1) is 0 Å².